The number of benzene rings is 1. The van der Waals surface area contributed by atoms with Crippen molar-refractivity contribution in [1.82, 2.24) is 10.2 Å². The fraction of sp³-hybridized carbons (Fsp3) is 0.231. The Morgan fingerprint density at radius 1 is 1.06 bits per heavy atom. The predicted octanol–water partition coefficient (Wildman–Crippen LogP) is 3.85. The Morgan fingerprint density at radius 2 is 1.82 bits per heavy atom. The lowest BCUT2D eigenvalue weighted by atomic mass is 10.2. The Hall–Kier alpha value is -1.61. The molecule has 2 rings (SSSR count). The van der Waals surface area contributed by atoms with Crippen LogP contribution in [0.1, 0.15) is 16.7 Å². The summed E-state index contributed by atoms with van der Waals surface area (Å²) in [5, 5.41) is 8.22. The van der Waals surface area contributed by atoms with E-state index >= 15 is 0 Å². The summed E-state index contributed by atoms with van der Waals surface area (Å²) in [6, 6.07) is 7.79. The largest absolute Gasteiger partial charge is 0.437 e. The van der Waals surface area contributed by atoms with Crippen molar-refractivity contribution in [1.29, 1.82) is 0 Å². The molecule has 0 unspecified atom stereocenters. The Morgan fingerprint density at radius 3 is 2.53 bits per heavy atom. The quantitative estimate of drug-likeness (QED) is 0.810. The number of nitrogens with zero attached hydrogens (tertiary/aromatic N) is 2. The summed E-state index contributed by atoms with van der Waals surface area (Å²) in [6.07, 6.45) is 0. The van der Waals surface area contributed by atoms with Crippen molar-refractivity contribution in [2.45, 2.75) is 20.8 Å². The van der Waals surface area contributed by atoms with E-state index in [4.69, 9.17) is 16.3 Å². The van der Waals surface area contributed by atoms with Crippen LogP contribution in [0, 0.1) is 20.8 Å². The van der Waals surface area contributed by atoms with Gasteiger partial charge in [0.15, 0.2) is 5.15 Å². The van der Waals surface area contributed by atoms with Crippen molar-refractivity contribution >= 4 is 11.6 Å². The summed E-state index contributed by atoms with van der Waals surface area (Å²) in [5.74, 6) is 1.25. The number of rotatable bonds is 2. The molecule has 0 aliphatic heterocycles. The fourth-order valence-corrected chi connectivity index (χ4v) is 1.62. The van der Waals surface area contributed by atoms with Crippen molar-refractivity contribution < 1.29 is 4.74 Å². The molecule has 17 heavy (non-hydrogen) atoms. The topological polar surface area (TPSA) is 35.0 Å². The van der Waals surface area contributed by atoms with Gasteiger partial charge in [-0.25, -0.2) is 0 Å². The number of hydrogen-bond donors (Lipinski definition) is 0. The Labute approximate surface area is 105 Å². The summed E-state index contributed by atoms with van der Waals surface area (Å²) >= 11 is 5.88. The van der Waals surface area contributed by atoms with E-state index in [0.29, 0.717) is 11.0 Å². The maximum atomic E-state index is 5.88. The number of aromatic nitrogens is 2. The monoisotopic (exact) mass is 248 g/mol. The second-order valence-electron chi connectivity index (χ2n) is 3.96. The fourth-order valence-electron chi connectivity index (χ4n) is 1.44. The van der Waals surface area contributed by atoms with Gasteiger partial charge in [-0.15, -0.1) is 10.2 Å². The molecule has 2 aromatic rings. The average Bonchev–Trinajstić information content (AvgIpc) is 2.30. The van der Waals surface area contributed by atoms with E-state index in [1.165, 1.54) is 0 Å². The van der Waals surface area contributed by atoms with Crippen LogP contribution in [0.3, 0.4) is 0 Å². The molecule has 88 valence electrons. The highest BCUT2D eigenvalue weighted by Crippen LogP contribution is 2.27. The molecule has 0 aliphatic carbocycles. The third-order valence-corrected chi connectivity index (χ3v) is 2.98. The molecular formula is C13H13ClN2O. The zero-order chi connectivity index (χ0) is 12.4. The van der Waals surface area contributed by atoms with Crippen LogP contribution in [0.5, 0.6) is 11.6 Å². The molecule has 0 atom stereocenters. The Kier molecular flexibility index (Phi) is 3.29. The number of halogens is 1. The molecule has 0 aliphatic rings. The van der Waals surface area contributed by atoms with Crippen LogP contribution in [0.2, 0.25) is 5.15 Å². The van der Waals surface area contributed by atoms with E-state index in [-0.39, 0.29) is 0 Å². The van der Waals surface area contributed by atoms with E-state index < -0.39 is 0 Å². The lowest BCUT2D eigenvalue weighted by molar-refractivity contribution is 0.450. The van der Waals surface area contributed by atoms with Crippen molar-refractivity contribution in [3.05, 3.63) is 46.1 Å². The lowest BCUT2D eigenvalue weighted by Crippen LogP contribution is -1.97. The second-order valence-corrected chi connectivity index (χ2v) is 4.32. The maximum Gasteiger partial charge on any atom is 0.242 e. The number of hydrogen-bond acceptors (Lipinski definition) is 3. The summed E-state index contributed by atoms with van der Waals surface area (Å²) in [7, 11) is 0. The van der Waals surface area contributed by atoms with Gasteiger partial charge in [0, 0.05) is 5.56 Å². The number of ether oxygens (including phenoxy) is 1. The first-order valence-electron chi connectivity index (χ1n) is 5.32. The molecule has 0 fully saturated rings. The van der Waals surface area contributed by atoms with Gasteiger partial charge in [0.2, 0.25) is 5.88 Å². The third kappa shape index (κ3) is 2.56. The summed E-state index contributed by atoms with van der Waals surface area (Å²) in [5.41, 5.74) is 2.94. The van der Waals surface area contributed by atoms with Crippen LogP contribution in [0.25, 0.3) is 0 Å². The van der Waals surface area contributed by atoms with Gasteiger partial charge >= 0.3 is 0 Å². The van der Waals surface area contributed by atoms with Gasteiger partial charge in [-0.2, -0.15) is 0 Å². The molecule has 3 nitrogen and oxygen atoms in total. The van der Waals surface area contributed by atoms with Crippen LogP contribution in [-0.2, 0) is 0 Å². The molecule has 0 amide bonds. The summed E-state index contributed by atoms with van der Waals surface area (Å²) < 4.78 is 5.69. The van der Waals surface area contributed by atoms with Crippen LogP contribution in [-0.4, -0.2) is 10.2 Å². The second kappa shape index (κ2) is 4.72. The predicted molar refractivity (Wildman–Crippen MR) is 67.8 cm³/mol. The highest BCUT2D eigenvalue weighted by atomic mass is 35.5. The smallest absolute Gasteiger partial charge is 0.242 e. The maximum absolute atomic E-state index is 5.88. The van der Waals surface area contributed by atoms with E-state index in [2.05, 4.69) is 10.2 Å². The minimum absolute atomic E-state index is 0.416. The SMILES string of the molecule is Cc1cccc(Oc2nnc(Cl)c(C)c2C)c1. The van der Waals surface area contributed by atoms with Gasteiger partial charge in [0.1, 0.15) is 5.75 Å². The molecule has 0 spiro atoms. The lowest BCUT2D eigenvalue weighted by Gasteiger charge is -2.09. The highest BCUT2D eigenvalue weighted by Gasteiger charge is 2.09. The van der Waals surface area contributed by atoms with Crippen LogP contribution in [0.15, 0.2) is 24.3 Å². The standard InChI is InChI=1S/C13H13ClN2O/c1-8-5-4-6-11(7-8)17-13-10(3)9(2)12(14)15-16-13/h4-7H,1-3H3. The van der Waals surface area contributed by atoms with E-state index in [1.807, 2.05) is 45.0 Å². The minimum Gasteiger partial charge on any atom is -0.437 e. The molecule has 0 saturated carbocycles. The van der Waals surface area contributed by atoms with Crippen LogP contribution >= 0.6 is 11.6 Å². The van der Waals surface area contributed by atoms with Gasteiger partial charge in [-0.1, -0.05) is 23.7 Å². The van der Waals surface area contributed by atoms with Crippen molar-refractivity contribution in [2.75, 3.05) is 0 Å². The minimum atomic E-state index is 0.416. The molecule has 1 aromatic heterocycles. The van der Waals surface area contributed by atoms with Gasteiger partial charge in [0.05, 0.1) is 0 Å². The van der Waals surface area contributed by atoms with Crippen molar-refractivity contribution in [2.24, 2.45) is 0 Å². The van der Waals surface area contributed by atoms with E-state index in [9.17, 15) is 0 Å². The van der Waals surface area contributed by atoms with E-state index in [0.717, 1.165) is 22.4 Å². The van der Waals surface area contributed by atoms with E-state index in [1.54, 1.807) is 0 Å². The van der Waals surface area contributed by atoms with Crippen LogP contribution in [0.4, 0.5) is 0 Å². The first-order valence-corrected chi connectivity index (χ1v) is 5.69. The van der Waals surface area contributed by atoms with Gasteiger partial charge in [-0.3, -0.25) is 0 Å². The average molecular weight is 249 g/mol. The molecular weight excluding hydrogens is 236 g/mol. The highest BCUT2D eigenvalue weighted by molar-refractivity contribution is 6.30. The van der Waals surface area contributed by atoms with Gasteiger partial charge < -0.3 is 4.74 Å². The third-order valence-electron chi connectivity index (χ3n) is 2.63. The zero-order valence-electron chi connectivity index (χ0n) is 9.99. The Balaban J connectivity index is 2.34. The molecule has 4 heteroatoms. The van der Waals surface area contributed by atoms with Gasteiger partial charge in [0.25, 0.3) is 0 Å². The molecule has 0 radical (unpaired) electrons. The molecule has 1 aromatic carbocycles. The summed E-state index contributed by atoms with van der Waals surface area (Å²) in [6.45, 7) is 5.83. The van der Waals surface area contributed by atoms with Crippen molar-refractivity contribution in [3.63, 3.8) is 0 Å². The zero-order valence-corrected chi connectivity index (χ0v) is 10.7. The normalized spacial score (nSPS) is 10.4. The first-order chi connectivity index (χ1) is 8.08. The molecule has 0 bridgehead atoms. The molecule has 1 heterocycles. The van der Waals surface area contributed by atoms with Crippen LogP contribution < -0.4 is 4.74 Å². The first kappa shape index (κ1) is 11.9. The molecule has 0 saturated heterocycles. The van der Waals surface area contributed by atoms with Gasteiger partial charge in [-0.05, 0) is 44.0 Å². The number of aryl methyl sites for hydroxylation is 1. The Bertz CT molecular complexity index is 555. The summed E-state index contributed by atoms with van der Waals surface area (Å²) in [4.78, 5) is 0. The molecule has 0 N–H and O–H groups in total. The van der Waals surface area contributed by atoms with Crippen molar-refractivity contribution in [3.8, 4) is 11.6 Å².